The number of anilines is 1. The summed E-state index contributed by atoms with van der Waals surface area (Å²) in [4.78, 5) is 21.4. The fourth-order valence-corrected chi connectivity index (χ4v) is 3.38. The summed E-state index contributed by atoms with van der Waals surface area (Å²) in [5.41, 5.74) is 5.93. The molecule has 5 heteroatoms. The molecule has 4 aromatic rings. The van der Waals surface area contributed by atoms with Crippen LogP contribution in [0.1, 0.15) is 40.0 Å². The van der Waals surface area contributed by atoms with Crippen LogP contribution in [-0.4, -0.2) is 15.9 Å². The predicted octanol–water partition coefficient (Wildman–Crippen LogP) is 5.56. The first-order valence-corrected chi connectivity index (χ1v) is 10.7. The monoisotopic (exact) mass is 422 g/mol. The van der Waals surface area contributed by atoms with Crippen molar-refractivity contribution in [3.8, 4) is 11.1 Å². The van der Waals surface area contributed by atoms with Crippen LogP contribution in [0.5, 0.6) is 0 Å². The van der Waals surface area contributed by atoms with E-state index in [0.29, 0.717) is 18.1 Å². The molecule has 0 radical (unpaired) electrons. The largest absolute Gasteiger partial charge is 0.350 e. The van der Waals surface area contributed by atoms with Crippen molar-refractivity contribution in [3.63, 3.8) is 0 Å². The number of hydrogen-bond acceptors (Lipinski definition) is 4. The van der Waals surface area contributed by atoms with Crippen molar-refractivity contribution in [2.24, 2.45) is 0 Å². The third-order valence-corrected chi connectivity index (χ3v) is 5.35. The molecule has 0 spiro atoms. The van der Waals surface area contributed by atoms with Crippen LogP contribution < -0.4 is 10.6 Å². The molecule has 0 aliphatic heterocycles. The minimum atomic E-state index is -0.0960. The van der Waals surface area contributed by atoms with Crippen LogP contribution in [0, 0.1) is 6.92 Å². The third kappa shape index (κ3) is 5.38. The van der Waals surface area contributed by atoms with E-state index < -0.39 is 0 Å². The zero-order chi connectivity index (χ0) is 22.3. The van der Waals surface area contributed by atoms with Crippen molar-refractivity contribution in [2.75, 3.05) is 5.32 Å². The molecule has 5 nitrogen and oxygen atoms in total. The Hall–Kier alpha value is -3.99. The number of aromatic nitrogens is 2. The van der Waals surface area contributed by atoms with Crippen molar-refractivity contribution >= 4 is 11.9 Å². The van der Waals surface area contributed by atoms with Crippen LogP contribution in [0.15, 0.2) is 91.3 Å². The first-order chi connectivity index (χ1) is 15.6. The van der Waals surface area contributed by atoms with Gasteiger partial charge in [-0.15, -0.1) is 0 Å². The average molecular weight is 423 g/mol. The molecule has 0 saturated carbocycles. The molecule has 2 N–H and O–H groups in total. The Kier molecular flexibility index (Phi) is 6.56. The maximum atomic E-state index is 12.6. The zero-order valence-electron chi connectivity index (χ0n) is 18.2. The van der Waals surface area contributed by atoms with Gasteiger partial charge in [-0.05, 0) is 42.7 Å². The van der Waals surface area contributed by atoms with E-state index in [9.17, 15) is 4.79 Å². The van der Waals surface area contributed by atoms with Crippen molar-refractivity contribution in [1.82, 2.24) is 15.3 Å². The van der Waals surface area contributed by atoms with Gasteiger partial charge in [0.05, 0.1) is 6.04 Å². The maximum Gasteiger partial charge on any atom is 0.251 e. The standard InChI is InChI=1S/C27H26N4O/c1-19-8-10-22(11-9-19)20(2)31-26(32)24-14-12-23(13-15-24)25-17-29-27(30-18-25)28-16-21-6-4-3-5-7-21/h3-15,17-18,20H,16H2,1-2H3,(H,31,32)(H,28,29,30). The predicted molar refractivity (Wildman–Crippen MR) is 128 cm³/mol. The van der Waals surface area contributed by atoms with Gasteiger partial charge >= 0.3 is 0 Å². The smallest absolute Gasteiger partial charge is 0.251 e. The molecule has 0 bridgehead atoms. The minimum absolute atomic E-state index is 0.0629. The molecule has 0 aliphatic rings. The molecule has 160 valence electrons. The Balaban J connectivity index is 1.36. The van der Waals surface area contributed by atoms with Gasteiger partial charge in [0.1, 0.15) is 0 Å². The Morgan fingerprint density at radius 2 is 1.50 bits per heavy atom. The van der Waals surface area contributed by atoms with Crippen LogP contribution in [-0.2, 0) is 6.54 Å². The van der Waals surface area contributed by atoms with Crippen molar-refractivity contribution < 1.29 is 4.79 Å². The lowest BCUT2D eigenvalue weighted by Gasteiger charge is -2.15. The molecular weight excluding hydrogens is 396 g/mol. The first-order valence-electron chi connectivity index (χ1n) is 10.7. The molecular formula is C27H26N4O. The van der Waals surface area contributed by atoms with Crippen LogP contribution in [0.3, 0.4) is 0 Å². The van der Waals surface area contributed by atoms with Gasteiger partial charge in [0.25, 0.3) is 5.91 Å². The van der Waals surface area contributed by atoms with Gasteiger partial charge in [0.2, 0.25) is 5.95 Å². The highest BCUT2D eigenvalue weighted by Crippen LogP contribution is 2.20. The highest BCUT2D eigenvalue weighted by molar-refractivity contribution is 5.94. The van der Waals surface area contributed by atoms with Crippen molar-refractivity contribution in [3.05, 3.63) is 114 Å². The normalized spacial score (nSPS) is 11.6. The highest BCUT2D eigenvalue weighted by Gasteiger charge is 2.12. The van der Waals surface area contributed by atoms with Gasteiger partial charge in [-0.2, -0.15) is 0 Å². The number of amides is 1. The molecule has 0 saturated heterocycles. The number of hydrogen-bond donors (Lipinski definition) is 2. The van der Waals surface area contributed by atoms with Crippen LogP contribution in [0.25, 0.3) is 11.1 Å². The lowest BCUT2D eigenvalue weighted by Crippen LogP contribution is -2.26. The first kappa shape index (κ1) is 21.2. The SMILES string of the molecule is Cc1ccc(C(C)NC(=O)c2ccc(-c3cnc(NCc4ccccc4)nc3)cc2)cc1. The number of rotatable bonds is 7. The second-order valence-corrected chi connectivity index (χ2v) is 7.82. The van der Waals surface area contributed by atoms with Crippen molar-refractivity contribution in [1.29, 1.82) is 0 Å². The minimum Gasteiger partial charge on any atom is -0.350 e. The van der Waals surface area contributed by atoms with Crippen LogP contribution in [0.4, 0.5) is 5.95 Å². The van der Waals surface area contributed by atoms with E-state index in [2.05, 4.69) is 51.8 Å². The molecule has 32 heavy (non-hydrogen) atoms. The maximum absolute atomic E-state index is 12.6. The third-order valence-electron chi connectivity index (χ3n) is 5.35. The summed E-state index contributed by atoms with van der Waals surface area (Å²) < 4.78 is 0. The number of aryl methyl sites for hydroxylation is 1. The van der Waals surface area contributed by atoms with E-state index in [1.165, 1.54) is 11.1 Å². The Labute approximate surface area is 188 Å². The molecule has 1 atom stereocenters. The summed E-state index contributed by atoms with van der Waals surface area (Å²) in [7, 11) is 0. The van der Waals surface area contributed by atoms with Gasteiger partial charge in [0, 0.05) is 30.1 Å². The Morgan fingerprint density at radius 1 is 0.844 bits per heavy atom. The van der Waals surface area contributed by atoms with E-state index in [4.69, 9.17) is 0 Å². The lowest BCUT2D eigenvalue weighted by atomic mass is 10.0. The molecule has 1 amide bonds. The van der Waals surface area contributed by atoms with Gasteiger partial charge < -0.3 is 10.6 Å². The molecule has 1 aromatic heterocycles. The number of carbonyl (C=O) groups excluding carboxylic acids is 1. The van der Waals surface area contributed by atoms with E-state index in [1.807, 2.05) is 61.5 Å². The van der Waals surface area contributed by atoms with E-state index in [-0.39, 0.29) is 11.9 Å². The van der Waals surface area contributed by atoms with Gasteiger partial charge in [0.15, 0.2) is 0 Å². The molecule has 4 rings (SSSR count). The summed E-state index contributed by atoms with van der Waals surface area (Å²) in [6.45, 7) is 4.71. The average Bonchev–Trinajstić information content (AvgIpc) is 2.84. The highest BCUT2D eigenvalue weighted by atomic mass is 16.1. The van der Waals surface area contributed by atoms with Gasteiger partial charge in [-0.25, -0.2) is 9.97 Å². The van der Waals surface area contributed by atoms with E-state index in [0.717, 1.165) is 16.7 Å². The topological polar surface area (TPSA) is 66.9 Å². The van der Waals surface area contributed by atoms with Crippen LogP contribution >= 0.6 is 0 Å². The Bertz CT molecular complexity index is 1160. The summed E-state index contributed by atoms with van der Waals surface area (Å²) in [6.07, 6.45) is 3.57. The fraction of sp³-hybridized carbons (Fsp3) is 0.148. The van der Waals surface area contributed by atoms with Gasteiger partial charge in [-0.1, -0.05) is 72.3 Å². The summed E-state index contributed by atoms with van der Waals surface area (Å²) >= 11 is 0. The quantitative estimate of drug-likeness (QED) is 0.409. The molecule has 1 unspecified atom stereocenters. The summed E-state index contributed by atoms with van der Waals surface area (Å²) in [6, 6.07) is 25.7. The zero-order valence-corrected chi connectivity index (χ0v) is 18.2. The molecule has 3 aromatic carbocycles. The number of carbonyl (C=O) groups is 1. The summed E-state index contributed by atoms with van der Waals surface area (Å²) in [5, 5.41) is 6.28. The lowest BCUT2D eigenvalue weighted by molar-refractivity contribution is 0.0940. The fourth-order valence-electron chi connectivity index (χ4n) is 3.38. The second kappa shape index (κ2) is 9.88. The Morgan fingerprint density at radius 3 is 2.16 bits per heavy atom. The van der Waals surface area contributed by atoms with E-state index in [1.54, 1.807) is 12.4 Å². The second-order valence-electron chi connectivity index (χ2n) is 7.82. The number of nitrogens with one attached hydrogen (secondary N) is 2. The van der Waals surface area contributed by atoms with Gasteiger partial charge in [-0.3, -0.25) is 4.79 Å². The number of nitrogens with zero attached hydrogens (tertiary/aromatic N) is 2. The van der Waals surface area contributed by atoms with Crippen LogP contribution in [0.2, 0.25) is 0 Å². The van der Waals surface area contributed by atoms with E-state index >= 15 is 0 Å². The van der Waals surface area contributed by atoms with Crippen molar-refractivity contribution in [2.45, 2.75) is 26.4 Å². The number of benzene rings is 3. The molecule has 1 heterocycles. The summed E-state index contributed by atoms with van der Waals surface area (Å²) in [5.74, 6) is 0.486. The molecule has 0 fully saturated rings. The molecule has 0 aliphatic carbocycles.